The molecule has 0 fully saturated rings. The predicted octanol–water partition coefficient (Wildman–Crippen LogP) is 2.06. The lowest BCUT2D eigenvalue weighted by Gasteiger charge is -2.11. The van der Waals surface area contributed by atoms with Crippen LogP contribution in [-0.4, -0.2) is 28.9 Å². The second kappa shape index (κ2) is 6.83. The van der Waals surface area contributed by atoms with Gasteiger partial charge in [0.15, 0.2) is 0 Å². The molecule has 0 aliphatic rings. The molecule has 0 saturated heterocycles. The number of halogens is 1. The van der Waals surface area contributed by atoms with Crippen molar-refractivity contribution in [3.05, 3.63) is 23.0 Å². The summed E-state index contributed by atoms with van der Waals surface area (Å²) in [4.78, 5) is 15.7. The van der Waals surface area contributed by atoms with E-state index in [1.54, 1.807) is 17.8 Å². The molecular formula is C11H16ClN3OS. The molecule has 3 N–H and O–H groups in total. The number of rotatable bonds is 5. The van der Waals surface area contributed by atoms with Gasteiger partial charge in [0.2, 0.25) is 5.91 Å². The Bertz CT molecular complexity index is 400. The number of amides is 1. The van der Waals surface area contributed by atoms with Crippen LogP contribution in [0, 0.1) is 6.92 Å². The maximum atomic E-state index is 11.7. The van der Waals surface area contributed by atoms with Crippen LogP contribution in [0.4, 0.5) is 5.69 Å². The lowest BCUT2D eigenvalue weighted by atomic mass is 10.2. The summed E-state index contributed by atoms with van der Waals surface area (Å²) in [5.74, 6) is 0.675. The zero-order valence-electron chi connectivity index (χ0n) is 9.87. The van der Waals surface area contributed by atoms with Crippen molar-refractivity contribution < 1.29 is 4.79 Å². The monoisotopic (exact) mass is 273 g/mol. The van der Waals surface area contributed by atoms with E-state index in [2.05, 4.69) is 10.3 Å². The van der Waals surface area contributed by atoms with Crippen molar-refractivity contribution >= 4 is 35.0 Å². The standard InChI is InChI=1S/C11H16ClN3OS/c1-7-5-8(6-14-10(7)12)15-11(16)9(13)3-4-17-2/h5-6,9H,3-4,13H2,1-2H3,(H,15,16)/t9-/m1/s1. The third kappa shape index (κ3) is 4.53. The SMILES string of the molecule is CSCC[C@@H](N)C(=O)Nc1cnc(Cl)c(C)c1. The molecule has 0 aromatic carbocycles. The highest BCUT2D eigenvalue weighted by molar-refractivity contribution is 7.98. The molecule has 0 saturated carbocycles. The van der Waals surface area contributed by atoms with Crippen molar-refractivity contribution in [1.82, 2.24) is 4.98 Å². The van der Waals surface area contributed by atoms with Gasteiger partial charge in [-0.05, 0) is 37.0 Å². The van der Waals surface area contributed by atoms with Gasteiger partial charge in [-0.1, -0.05) is 11.6 Å². The summed E-state index contributed by atoms with van der Waals surface area (Å²) in [5, 5.41) is 3.16. The van der Waals surface area contributed by atoms with Gasteiger partial charge in [-0.25, -0.2) is 4.98 Å². The third-order valence-electron chi connectivity index (χ3n) is 2.25. The van der Waals surface area contributed by atoms with Gasteiger partial charge in [0.1, 0.15) is 5.15 Å². The Labute approximate surface area is 110 Å². The summed E-state index contributed by atoms with van der Waals surface area (Å²) in [6.45, 7) is 1.83. The molecule has 0 bridgehead atoms. The Morgan fingerprint density at radius 2 is 2.41 bits per heavy atom. The minimum atomic E-state index is -0.488. The van der Waals surface area contributed by atoms with Crippen molar-refractivity contribution in [3.63, 3.8) is 0 Å². The number of aromatic nitrogens is 1. The van der Waals surface area contributed by atoms with Gasteiger partial charge in [0, 0.05) is 0 Å². The Kier molecular flexibility index (Phi) is 5.74. The number of nitrogens with zero attached hydrogens (tertiary/aromatic N) is 1. The zero-order valence-corrected chi connectivity index (χ0v) is 11.4. The van der Waals surface area contributed by atoms with Crippen molar-refractivity contribution in [2.75, 3.05) is 17.3 Å². The molecule has 17 heavy (non-hydrogen) atoms. The predicted molar refractivity (Wildman–Crippen MR) is 73.6 cm³/mol. The van der Waals surface area contributed by atoms with E-state index >= 15 is 0 Å². The summed E-state index contributed by atoms with van der Waals surface area (Å²) < 4.78 is 0. The number of carbonyl (C=O) groups is 1. The topological polar surface area (TPSA) is 68.0 Å². The number of thioether (sulfide) groups is 1. The smallest absolute Gasteiger partial charge is 0.241 e. The van der Waals surface area contributed by atoms with Crippen LogP contribution >= 0.6 is 23.4 Å². The molecule has 1 heterocycles. The highest BCUT2D eigenvalue weighted by Crippen LogP contribution is 2.16. The van der Waals surface area contributed by atoms with Crippen LogP contribution in [0.15, 0.2) is 12.3 Å². The van der Waals surface area contributed by atoms with Crippen LogP contribution in [0.25, 0.3) is 0 Å². The third-order valence-corrected chi connectivity index (χ3v) is 3.29. The van der Waals surface area contributed by atoms with Gasteiger partial charge >= 0.3 is 0 Å². The van der Waals surface area contributed by atoms with Gasteiger partial charge in [0.25, 0.3) is 0 Å². The Morgan fingerprint density at radius 1 is 1.71 bits per heavy atom. The van der Waals surface area contributed by atoms with Crippen molar-refractivity contribution in [1.29, 1.82) is 0 Å². The van der Waals surface area contributed by atoms with Gasteiger partial charge in [-0.15, -0.1) is 0 Å². The first-order valence-corrected chi connectivity index (χ1v) is 6.99. The molecule has 1 rings (SSSR count). The highest BCUT2D eigenvalue weighted by atomic mass is 35.5. The van der Waals surface area contributed by atoms with Gasteiger partial charge in [-0.3, -0.25) is 4.79 Å². The fourth-order valence-corrected chi connectivity index (χ4v) is 1.83. The summed E-state index contributed by atoms with van der Waals surface area (Å²) in [6, 6.07) is 1.28. The van der Waals surface area contributed by atoms with Gasteiger partial charge in [-0.2, -0.15) is 11.8 Å². The minimum absolute atomic E-state index is 0.192. The van der Waals surface area contributed by atoms with Crippen LogP contribution in [0.1, 0.15) is 12.0 Å². The van der Waals surface area contributed by atoms with E-state index in [1.165, 1.54) is 6.20 Å². The largest absolute Gasteiger partial charge is 0.323 e. The maximum Gasteiger partial charge on any atom is 0.241 e. The number of nitrogens with two attached hydrogens (primary N) is 1. The molecule has 0 unspecified atom stereocenters. The average molecular weight is 274 g/mol. The summed E-state index contributed by atoms with van der Waals surface area (Å²) in [7, 11) is 0. The molecule has 1 aromatic heterocycles. The molecule has 1 atom stereocenters. The fraction of sp³-hybridized carbons (Fsp3) is 0.455. The molecule has 0 aliphatic carbocycles. The molecule has 0 radical (unpaired) electrons. The van der Waals surface area contributed by atoms with Gasteiger partial charge in [0.05, 0.1) is 17.9 Å². The van der Waals surface area contributed by atoms with Gasteiger partial charge < -0.3 is 11.1 Å². The van der Waals surface area contributed by atoms with Crippen molar-refractivity contribution in [2.24, 2.45) is 5.73 Å². The molecule has 94 valence electrons. The van der Waals surface area contributed by atoms with E-state index in [1.807, 2.05) is 13.2 Å². The number of carbonyl (C=O) groups excluding carboxylic acids is 1. The first-order valence-electron chi connectivity index (χ1n) is 5.22. The molecule has 1 amide bonds. The normalized spacial score (nSPS) is 12.2. The second-order valence-corrected chi connectivity index (χ2v) is 5.05. The molecule has 4 nitrogen and oxygen atoms in total. The molecule has 0 aliphatic heterocycles. The Balaban J connectivity index is 2.58. The van der Waals surface area contributed by atoms with Crippen LogP contribution in [-0.2, 0) is 4.79 Å². The Hall–Kier alpha value is -0.780. The van der Waals surface area contributed by atoms with E-state index in [9.17, 15) is 4.79 Å². The number of hydrogen-bond acceptors (Lipinski definition) is 4. The number of hydrogen-bond donors (Lipinski definition) is 2. The first kappa shape index (κ1) is 14.3. The quantitative estimate of drug-likeness (QED) is 0.806. The number of nitrogens with one attached hydrogen (secondary N) is 1. The summed E-state index contributed by atoms with van der Waals surface area (Å²) in [6.07, 6.45) is 4.17. The minimum Gasteiger partial charge on any atom is -0.323 e. The zero-order chi connectivity index (χ0) is 12.8. The van der Waals surface area contributed by atoms with E-state index in [0.717, 1.165) is 11.3 Å². The van der Waals surface area contributed by atoms with Crippen LogP contribution in [0.2, 0.25) is 5.15 Å². The number of anilines is 1. The Morgan fingerprint density at radius 3 is 3.00 bits per heavy atom. The maximum absolute atomic E-state index is 11.7. The van der Waals surface area contributed by atoms with Crippen molar-refractivity contribution in [2.45, 2.75) is 19.4 Å². The van der Waals surface area contributed by atoms with E-state index < -0.39 is 6.04 Å². The second-order valence-electron chi connectivity index (χ2n) is 3.71. The molecule has 6 heteroatoms. The first-order chi connectivity index (χ1) is 8.04. The molecule has 0 spiro atoms. The number of pyridine rings is 1. The van der Waals surface area contributed by atoms with Crippen LogP contribution < -0.4 is 11.1 Å². The van der Waals surface area contributed by atoms with Crippen LogP contribution in [0.5, 0.6) is 0 Å². The van der Waals surface area contributed by atoms with E-state index in [4.69, 9.17) is 17.3 Å². The lowest BCUT2D eigenvalue weighted by Crippen LogP contribution is -2.36. The summed E-state index contributed by atoms with van der Waals surface area (Å²) >= 11 is 7.47. The molecular weight excluding hydrogens is 258 g/mol. The van der Waals surface area contributed by atoms with Crippen LogP contribution in [0.3, 0.4) is 0 Å². The van der Waals surface area contributed by atoms with E-state index in [-0.39, 0.29) is 5.91 Å². The average Bonchev–Trinajstić information content (AvgIpc) is 2.30. The summed E-state index contributed by atoms with van der Waals surface area (Å²) in [5.41, 5.74) is 7.19. The number of aryl methyl sites for hydroxylation is 1. The van der Waals surface area contributed by atoms with E-state index in [0.29, 0.717) is 17.3 Å². The fourth-order valence-electron chi connectivity index (χ4n) is 1.24. The van der Waals surface area contributed by atoms with Crippen molar-refractivity contribution in [3.8, 4) is 0 Å². The molecule has 1 aromatic rings. The lowest BCUT2D eigenvalue weighted by molar-refractivity contribution is -0.117. The highest BCUT2D eigenvalue weighted by Gasteiger charge is 2.13.